The van der Waals surface area contributed by atoms with Crippen LogP contribution in [0, 0.1) is 23.7 Å². The molecule has 0 aromatic heterocycles. The molecule has 0 amide bonds. The number of aliphatic hydroxyl groups is 4. The standard InChI is InChI=1S/C35H61NO13/c1-12-25-34(9,42)29(40)20(4)26(39)18(2)14-33(8)30(49-32-28(47-23(7)38)24(36(10)11)13-19(3)46-32)21(5)27(22(6)31(41)48-25)44-16-35(43,15-37)17-45-33/h18-22,24-25,27-30,32,37,40,42-43H,12-17H2,1-11H3/t18-,19-,20+,21+,22-,24+,25-,27+,28-,29-,30-,32-,33-,34-,35?/m1/s1. The zero-order chi connectivity index (χ0) is 37.2. The quantitative estimate of drug-likeness (QED) is 0.289. The number of Topliss-reactive ketones (excluding diaryl/α,β-unsaturated/α-hetero) is 1. The number of fused-ring (bicyclic) bond motifs is 3. The Morgan fingerprint density at radius 2 is 1.67 bits per heavy atom. The number of hydrogen-bond acceptors (Lipinski definition) is 14. The van der Waals surface area contributed by atoms with Crippen molar-refractivity contribution in [3.05, 3.63) is 0 Å². The van der Waals surface area contributed by atoms with E-state index in [1.165, 1.54) is 20.8 Å². The molecule has 49 heavy (non-hydrogen) atoms. The van der Waals surface area contributed by atoms with Crippen molar-refractivity contribution in [1.82, 2.24) is 4.90 Å². The Labute approximate surface area is 290 Å². The van der Waals surface area contributed by atoms with E-state index in [0.717, 1.165) is 0 Å². The van der Waals surface area contributed by atoms with Gasteiger partial charge in [-0.05, 0) is 61.1 Å². The van der Waals surface area contributed by atoms with Gasteiger partial charge in [-0.25, -0.2) is 0 Å². The third kappa shape index (κ3) is 9.19. The molecule has 1 unspecified atom stereocenters. The van der Waals surface area contributed by atoms with E-state index in [2.05, 4.69) is 0 Å². The van der Waals surface area contributed by atoms with Crippen molar-refractivity contribution in [3.8, 4) is 0 Å². The molecule has 3 rings (SSSR count). The van der Waals surface area contributed by atoms with Gasteiger partial charge in [0.25, 0.3) is 0 Å². The number of hydrogen-bond donors (Lipinski definition) is 4. The minimum atomic E-state index is -1.97. The molecule has 3 aliphatic rings. The molecule has 0 saturated carbocycles. The molecule has 0 aromatic carbocycles. The summed E-state index contributed by atoms with van der Waals surface area (Å²) in [6.45, 7) is 13.0. The number of likely N-dealkylation sites (N-methyl/N-ethyl adjacent to an activating group) is 1. The zero-order valence-electron chi connectivity index (χ0n) is 31.1. The van der Waals surface area contributed by atoms with Crippen LogP contribution < -0.4 is 0 Å². The van der Waals surface area contributed by atoms with Gasteiger partial charge in [0.15, 0.2) is 12.4 Å². The fourth-order valence-corrected chi connectivity index (χ4v) is 7.80. The number of ketones is 1. The molecule has 14 nitrogen and oxygen atoms in total. The van der Waals surface area contributed by atoms with Crippen molar-refractivity contribution in [2.45, 2.75) is 147 Å². The van der Waals surface area contributed by atoms with Crippen molar-refractivity contribution in [2.24, 2.45) is 23.7 Å². The highest BCUT2D eigenvalue weighted by Crippen LogP contribution is 2.42. The van der Waals surface area contributed by atoms with Gasteiger partial charge in [0.05, 0.1) is 61.8 Å². The third-order valence-electron chi connectivity index (χ3n) is 10.8. The Kier molecular flexibility index (Phi) is 13.9. The average molecular weight is 704 g/mol. The second-order valence-electron chi connectivity index (χ2n) is 15.4. The molecule has 3 aliphatic heterocycles. The van der Waals surface area contributed by atoms with Gasteiger partial charge in [-0.15, -0.1) is 0 Å². The molecule has 0 spiro atoms. The lowest BCUT2D eigenvalue weighted by atomic mass is 9.74. The SMILES string of the molecule is CC[C@H]1OC(=O)[C@H](C)[C@H]2OCC(O)(CO)CO[C@](C)(C[C@@H](C)C(=O)[C@H](C)[C@@H](O)[C@]1(C)O)[C@H](O[C@H]1O[C@H](C)C[C@H](N(C)C)[C@H]1OC(C)=O)[C@H]2C. The number of nitrogens with zero attached hydrogens (tertiary/aromatic N) is 1. The van der Waals surface area contributed by atoms with E-state index in [0.29, 0.717) is 6.42 Å². The highest BCUT2D eigenvalue weighted by molar-refractivity contribution is 5.83. The predicted octanol–water partition coefficient (Wildman–Crippen LogP) is 1.22. The molecule has 14 heteroatoms. The van der Waals surface area contributed by atoms with Gasteiger partial charge in [0, 0.05) is 24.7 Å². The normalized spacial score (nSPS) is 46.3. The van der Waals surface area contributed by atoms with Crippen LogP contribution in [0.25, 0.3) is 0 Å². The van der Waals surface area contributed by atoms with E-state index in [1.54, 1.807) is 34.6 Å². The van der Waals surface area contributed by atoms with Crippen molar-refractivity contribution >= 4 is 17.7 Å². The lowest BCUT2D eigenvalue weighted by molar-refractivity contribution is -0.305. The van der Waals surface area contributed by atoms with E-state index < -0.39 is 109 Å². The minimum absolute atomic E-state index is 0.00190. The number of rotatable bonds is 6. The summed E-state index contributed by atoms with van der Waals surface area (Å²) in [6, 6.07) is -0.281. The maximum absolute atomic E-state index is 14.0. The molecule has 0 aromatic rings. The van der Waals surface area contributed by atoms with Gasteiger partial charge in [-0.2, -0.15) is 0 Å². The fraction of sp³-hybridized carbons (Fsp3) is 0.914. The summed E-state index contributed by atoms with van der Waals surface area (Å²) >= 11 is 0. The lowest BCUT2D eigenvalue weighted by Crippen LogP contribution is -2.61. The second-order valence-corrected chi connectivity index (χ2v) is 15.4. The first kappa shape index (κ1) is 41.7. The van der Waals surface area contributed by atoms with E-state index in [9.17, 15) is 34.8 Å². The molecule has 15 atom stereocenters. The first-order valence-electron chi connectivity index (χ1n) is 17.5. The Hall–Kier alpha value is -1.75. The van der Waals surface area contributed by atoms with Crippen molar-refractivity contribution in [2.75, 3.05) is 33.9 Å². The highest BCUT2D eigenvalue weighted by Gasteiger charge is 2.54. The number of aliphatic hydroxyl groups excluding tert-OH is 2. The van der Waals surface area contributed by atoms with Crippen LogP contribution in [-0.2, 0) is 42.8 Å². The second kappa shape index (κ2) is 16.3. The smallest absolute Gasteiger partial charge is 0.311 e. The topological polar surface area (TPSA) is 191 Å². The molecular formula is C35H61NO13. The number of carbonyl (C=O) groups is 3. The van der Waals surface area contributed by atoms with E-state index in [1.807, 2.05) is 25.9 Å². The molecule has 0 radical (unpaired) electrons. The minimum Gasteiger partial charge on any atom is -0.459 e. The Morgan fingerprint density at radius 3 is 2.22 bits per heavy atom. The van der Waals surface area contributed by atoms with Crippen LogP contribution in [0.1, 0.15) is 81.6 Å². The van der Waals surface area contributed by atoms with Gasteiger partial charge in [-0.3, -0.25) is 14.4 Å². The molecule has 4 N–H and O–H groups in total. The summed E-state index contributed by atoms with van der Waals surface area (Å²) in [7, 11) is 3.74. The summed E-state index contributed by atoms with van der Waals surface area (Å²) in [6.07, 6.45) is -6.37. The van der Waals surface area contributed by atoms with Gasteiger partial charge in [0.1, 0.15) is 23.1 Å². The summed E-state index contributed by atoms with van der Waals surface area (Å²) < 4.78 is 37.6. The Morgan fingerprint density at radius 1 is 1.04 bits per heavy atom. The summed E-state index contributed by atoms with van der Waals surface area (Å²) in [5, 5.41) is 44.5. The maximum atomic E-state index is 14.0. The number of esters is 2. The highest BCUT2D eigenvalue weighted by atomic mass is 16.7. The number of ether oxygens (including phenoxy) is 6. The van der Waals surface area contributed by atoms with Crippen LogP contribution in [0.4, 0.5) is 0 Å². The molecule has 3 fully saturated rings. The van der Waals surface area contributed by atoms with Crippen LogP contribution >= 0.6 is 0 Å². The van der Waals surface area contributed by atoms with Crippen molar-refractivity contribution in [3.63, 3.8) is 0 Å². The maximum Gasteiger partial charge on any atom is 0.311 e. The third-order valence-corrected chi connectivity index (χ3v) is 10.8. The number of carbonyl (C=O) groups excluding carboxylic acids is 3. The predicted molar refractivity (Wildman–Crippen MR) is 176 cm³/mol. The van der Waals surface area contributed by atoms with Crippen LogP contribution in [0.3, 0.4) is 0 Å². The van der Waals surface area contributed by atoms with Crippen LogP contribution in [0.15, 0.2) is 0 Å². The van der Waals surface area contributed by atoms with Gasteiger partial charge in [0.2, 0.25) is 0 Å². The molecule has 3 heterocycles. The lowest BCUT2D eigenvalue weighted by Gasteiger charge is -2.49. The Balaban J connectivity index is 2.26. The molecule has 3 saturated heterocycles. The van der Waals surface area contributed by atoms with Crippen LogP contribution in [-0.4, -0.2) is 143 Å². The summed E-state index contributed by atoms with van der Waals surface area (Å²) in [5.41, 5.74) is -5.27. The summed E-state index contributed by atoms with van der Waals surface area (Å²) in [4.78, 5) is 42.1. The summed E-state index contributed by atoms with van der Waals surface area (Å²) in [5.74, 6) is -5.25. The first-order valence-corrected chi connectivity index (χ1v) is 17.5. The van der Waals surface area contributed by atoms with E-state index in [-0.39, 0.29) is 30.8 Å². The van der Waals surface area contributed by atoms with Crippen LogP contribution in [0.2, 0.25) is 0 Å². The first-order chi connectivity index (χ1) is 22.6. The van der Waals surface area contributed by atoms with E-state index >= 15 is 0 Å². The average Bonchev–Trinajstić information content (AvgIpc) is 3.06. The van der Waals surface area contributed by atoms with E-state index in [4.69, 9.17) is 28.4 Å². The largest absolute Gasteiger partial charge is 0.459 e. The van der Waals surface area contributed by atoms with Crippen LogP contribution in [0.5, 0.6) is 0 Å². The van der Waals surface area contributed by atoms with Crippen molar-refractivity contribution < 1.29 is 63.2 Å². The van der Waals surface area contributed by atoms with Crippen molar-refractivity contribution in [1.29, 1.82) is 0 Å². The van der Waals surface area contributed by atoms with Gasteiger partial charge in [-0.1, -0.05) is 27.7 Å². The molecular weight excluding hydrogens is 642 g/mol. The van der Waals surface area contributed by atoms with Gasteiger partial charge >= 0.3 is 11.9 Å². The fourth-order valence-electron chi connectivity index (χ4n) is 7.80. The molecule has 284 valence electrons. The number of cyclic esters (lactones) is 1. The molecule has 2 bridgehead atoms. The zero-order valence-corrected chi connectivity index (χ0v) is 31.1. The van der Waals surface area contributed by atoms with Gasteiger partial charge < -0.3 is 53.7 Å². The molecule has 0 aliphatic carbocycles. The Bertz CT molecular complexity index is 1150. The monoisotopic (exact) mass is 703 g/mol.